The van der Waals surface area contributed by atoms with Gasteiger partial charge in [-0.05, 0) is 43.2 Å². The molecule has 7 nitrogen and oxygen atoms in total. The fraction of sp³-hybridized carbons (Fsp3) is 0.345. The van der Waals surface area contributed by atoms with Gasteiger partial charge < -0.3 is 19.5 Å². The second-order valence-electron chi connectivity index (χ2n) is 10.2. The van der Waals surface area contributed by atoms with Gasteiger partial charge in [-0.15, -0.1) is 0 Å². The molecule has 1 aromatic heterocycles. The lowest BCUT2D eigenvalue weighted by Crippen LogP contribution is -2.62. The van der Waals surface area contributed by atoms with E-state index in [1.54, 1.807) is 4.57 Å². The Bertz CT molecular complexity index is 1460. The van der Waals surface area contributed by atoms with Gasteiger partial charge in [0.15, 0.2) is 11.4 Å². The predicted molar refractivity (Wildman–Crippen MR) is 135 cm³/mol. The maximum Gasteiger partial charge on any atom is 0.275 e. The highest BCUT2D eigenvalue weighted by molar-refractivity contribution is 5.99. The fourth-order valence-electron chi connectivity index (χ4n) is 6.10. The minimum atomic E-state index is -0.794. The second-order valence-corrected chi connectivity index (χ2v) is 10.2. The number of carbonyl (C=O) groups is 2. The molecule has 196 valence electrons. The number of amides is 2. The first kappa shape index (κ1) is 24.3. The highest BCUT2D eigenvalue weighted by Gasteiger charge is 2.48. The summed E-state index contributed by atoms with van der Waals surface area (Å²) in [7, 11) is 0. The smallest absolute Gasteiger partial charge is 0.275 e. The van der Waals surface area contributed by atoms with Crippen LogP contribution in [0, 0.1) is 17.6 Å². The molecule has 0 spiro atoms. The number of hydrogen-bond acceptors (Lipinski definition) is 4. The quantitative estimate of drug-likeness (QED) is 0.533. The summed E-state index contributed by atoms with van der Waals surface area (Å²) in [5, 5.41) is 2.55. The maximum atomic E-state index is 14.1. The largest absolute Gasteiger partial charge is 0.483 e. The Hall–Kier alpha value is -4.01. The van der Waals surface area contributed by atoms with E-state index in [1.165, 1.54) is 12.3 Å². The van der Waals surface area contributed by atoms with Crippen LogP contribution in [0.15, 0.2) is 59.5 Å². The van der Waals surface area contributed by atoms with Crippen LogP contribution >= 0.6 is 0 Å². The molecule has 38 heavy (non-hydrogen) atoms. The summed E-state index contributed by atoms with van der Waals surface area (Å²) in [5.41, 5.74) is 0.170. The second kappa shape index (κ2) is 9.70. The van der Waals surface area contributed by atoms with Gasteiger partial charge in [0.25, 0.3) is 11.8 Å². The molecule has 2 amide bonds. The number of halogens is 2. The summed E-state index contributed by atoms with van der Waals surface area (Å²) in [6.45, 7) is 0.292. The first-order valence-electron chi connectivity index (χ1n) is 12.9. The summed E-state index contributed by atoms with van der Waals surface area (Å²) in [6, 6.07) is 12.5. The number of fused-ring (bicyclic) bond motifs is 3. The van der Waals surface area contributed by atoms with Crippen LogP contribution in [0.2, 0.25) is 0 Å². The maximum absolute atomic E-state index is 14.1. The Morgan fingerprint density at radius 2 is 1.79 bits per heavy atom. The zero-order valence-electron chi connectivity index (χ0n) is 20.7. The van der Waals surface area contributed by atoms with E-state index in [4.69, 9.17) is 4.74 Å². The van der Waals surface area contributed by atoms with Crippen LogP contribution in [-0.4, -0.2) is 33.4 Å². The van der Waals surface area contributed by atoms with Crippen molar-refractivity contribution >= 4 is 11.8 Å². The predicted octanol–water partition coefficient (Wildman–Crippen LogP) is 4.03. The molecule has 2 saturated heterocycles. The third-order valence-corrected chi connectivity index (χ3v) is 8.02. The van der Waals surface area contributed by atoms with Gasteiger partial charge in [0.1, 0.15) is 23.8 Å². The Balaban J connectivity index is 1.36. The lowest BCUT2D eigenvalue weighted by atomic mass is 9.73. The van der Waals surface area contributed by atoms with E-state index in [0.29, 0.717) is 12.5 Å². The number of hydrogen-bond donors (Lipinski definition) is 1. The molecule has 4 aliphatic rings. The number of nitrogens with one attached hydrogen (secondary N) is 1. The van der Waals surface area contributed by atoms with Crippen molar-refractivity contribution in [1.82, 2.24) is 14.8 Å². The standard InChI is InChI=1S/C29H27F2N3O4/c30-20-9-6-19(23(31)12-20)13-32-28(36)22-14-33-15-24-18-7-10-21(11-8-18)34(24)29(37)25(33)27(26(22)35)38-16-17-4-2-1-3-5-17/h1-6,9,12,14,18,21,24H,7-8,10-11,13,15-16H2,(H,32,36)/t18?,21?,24-/m1/s1. The van der Waals surface area contributed by atoms with Crippen molar-refractivity contribution in [2.75, 3.05) is 0 Å². The molecule has 3 aliphatic heterocycles. The molecule has 9 heteroatoms. The molecule has 2 aromatic carbocycles. The number of pyridine rings is 1. The Kier molecular flexibility index (Phi) is 6.21. The summed E-state index contributed by atoms with van der Waals surface area (Å²) in [6.07, 6.45) is 5.45. The summed E-state index contributed by atoms with van der Waals surface area (Å²) in [4.78, 5) is 42.5. The average molecular weight is 520 g/mol. The van der Waals surface area contributed by atoms with Gasteiger partial charge in [-0.25, -0.2) is 8.78 Å². The molecule has 4 heterocycles. The highest BCUT2D eigenvalue weighted by atomic mass is 19.1. The van der Waals surface area contributed by atoms with Crippen LogP contribution in [0.3, 0.4) is 0 Å². The fourth-order valence-corrected chi connectivity index (χ4v) is 6.10. The SMILES string of the molecule is O=C(NCc1ccc(F)cc1F)c1cn2c(c(OCc3ccccc3)c1=O)C(=O)N1C3CCC(CC3)[C@H]1C2. The molecule has 0 unspecified atom stereocenters. The molecule has 1 saturated carbocycles. The molecular weight excluding hydrogens is 492 g/mol. The molecule has 1 aliphatic carbocycles. The number of piperidine rings is 2. The lowest BCUT2D eigenvalue weighted by Gasteiger charge is -2.54. The van der Waals surface area contributed by atoms with E-state index in [1.807, 2.05) is 35.2 Å². The van der Waals surface area contributed by atoms with Crippen molar-refractivity contribution in [3.63, 3.8) is 0 Å². The van der Waals surface area contributed by atoms with Crippen LogP contribution in [0.5, 0.6) is 5.75 Å². The normalized spacial score (nSPS) is 21.6. The lowest BCUT2D eigenvalue weighted by molar-refractivity contribution is -0.0182. The molecule has 2 bridgehead atoms. The van der Waals surface area contributed by atoms with E-state index in [2.05, 4.69) is 5.32 Å². The average Bonchev–Trinajstić information content (AvgIpc) is 2.93. The molecule has 1 atom stereocenters. The van der Waals surface area contributed by atoms with Crippen molar-refractivity contribution in [3.05, 3.63) is 99.0 Å². The number of rotatable bonds is 6. The van der Waals surface area contributed by atoms with Crippen LogP contribution in [0.25, 0.3) is 0 Å². The monoisotopic (exact) mass is 519 g/mol. The molecule has 3 fully saturated rings. The van der Waals surface area contributed by atoms with Crippen molar-refractivity contribution in [2.24, 2.45) is 5.92 Å². The van der Waals surface area contributed by atoms with Crippen molar-refractivity contribution in [3.8, 4) is 5.75 Å². The van der Waals surface area contributed by atoms with Gasteiger partial charge in [-0.3, -0.25) is 14.4 Å². The first-order chi connectivity index (χ1) is 18.4. The van der Waals surface area contributed by atoms with Gasteiger partial charge in [0.05, 0.1) is 6.04 Å². The van der Waals surface area contributed by atoms with Crippen LogP contribution in [0.4, 0.5) is 8.78 Å². The molecule has 3 aromatic rings. The van der Waals surface area contributed by atoms with Crippen LogP contribution < -0.4 is 15.5 Å². The summed E-state index contributed by atoms with van der Waals surface area (Å²) in [5.74, 6) is -2.25. The Morgan fingerprint density at radius 1 is 1.03 bits per heavy atom. The van der Waals surface area contributed by atoms with E-state index in [-0.39, 0.29) is 53.7 Å². The van der Waals surface area contributed by atoms with E-state index in [9.17, 15) is 23.2 Å². The van der Waals surface area contributed by atoms with Crippen molar-refractivity contribution in [2.45, 2.75) is 57.5 Å². The van der Waals surface area contributed by atoms with E-state index in [0.717, 1.165) is 43.4 Å². The number of nitrogens with zero attached hydrogens (tertiary/aromatic N) is 2. The summed E-state index contributed by atoms with van der Waals surface area (Å²) < 4.78 is 35.0. The Labute approximate surface area is 218 Å². The first-order valence-corrected chi connectivity index (χ1v) is 12.9. The minimum absolute atomic E-state index is 0.0104. The zero-order valence-corrected chi connectivity index (χ0v) is 20.7. The molecule has 7 rings (SSSR count). The topological polar surface area (TPSA) is 80.6 Å². The van der Waals surface area contributed by atoms with Crippen molar-refractivity contribution in [1.29, 1.82) is 0 Å². The molecule has 0 radical (unpaired) electrons. The number of aromatic nitrogens is 1. The van der Waals surface area contributed by atoms with Crippen molar-refractivity contribution < 1.29 is 23.1 Å². The zero-order chi connectivity index (χ0) is 26.4. The molecule has 1 N–H and O–H groups in total. The number of carbonyl (C=O) groups excluding carboxylic acids is 2. The van der Waals surface area contributed by atoms with Crippen LogP contribution in [-0.2, 0) is 19.7 Å². The highest BCUT2D eigenvalue weighted by Crippen LogP contribution is 2.43. The van der Waals surface area contributed by atoms with Gasteiger partial charge in [-0.1, -0.05) is 36.4 Å². The third kappa shape index (κ3) is 4.25. The van der Waals surface area contributed by atoms with Gasteiger partial charge in [-0.2, -0.15) is 0 Å². The van der Waals surface area contributed by atoms with Crippen LogP contribution in [0.1, 0.15) is 57.7 Å². The number of benzene rings is 2. The van der Waals surface area contributed by atoms with Gasteiger partial charge in [0, 0.05) is 37.0 Å². The molecular formula is C29H27F2N3O4. The Morgan fingerprint density at radius 3 is 2.53 bits per heavy atom. The van der Waals surface area contributed by atoms with E-state index >= 15 is 0 Å². The van der Waals surface area contributed by atoms with Gasteiger partial charge in [0.2, 0.25) is 5.43 Å². The third-order valence-electron chi connectivity index (χ3n) is 8.02. The summed E-state index contributed by atoms with van der Waals surface area (Å²) >= 11 is 0. The van der Waals surface area contributed by atoms with Gasteiger partial charge >= 0.3 is 0 Å². The van der Waals surface area contributed by atoms with E-state index < -0.39 is 23.0 Å². The number of ether oxygens (including phenoxy) is 1. The minimum Gasteiger partial charge on any atom is -0.483 e.